The van der Waals surface area contributed by atoms with Crippen molar-refractivity contribution in [3.05, 3.63) is 24.2 Å². The van der Waals surface area contributed by atoms with Crippen LogP contribution in [-0.2, 0) is 22.7 Å². The molecular formula is C11H16N4O10P2. The van der Waals surface area contributed by atoms with Crippen LogP contribution in [0.25, 0.3) is 5.52 Å². The summed E-state index contributed by atoms with van der Waals surface area (Å²) < 4.78 is 37.0. The summed E-state index contributed by atoms with van der Waals surface area (Å²) in [5.74, 6) is 0.181. The Labute approximate surface area is 151 Å². The SMILES string of the molecule is Nc1ncnn2c([C@@H]3O[C@H](COP(=O)(O)OP(=O)(O)O)[C@@H](O)[C@H]3O)ccc12. The summed E-state index contributed by atoms with van der Waals surface area (Å²) in [4.78, 5) is 30.2. The normalized spacial score (nSPS) is 28.5. The number of nitrogens with two attached hydrogens (primary N) is 1. The van der Waals surface area contributed by atoms with Crippen LogP contribution in [0, 0.1) is 0 Å². The minimum absolute atomic E-state index is 0.181. The zero-order valence-electron chi connectivity index (χ0n) is 13.3. The molecule has 14 nitrogen and oxygen atoms in total. The van der Waals surface area contributed by atoms with Gasteiger partial charge in [-0.3, -0.25) is 4.52 Å². The lowest BCUT2D eigenvalue weighted by atomic mass is 10.1. The Hall–Kier alpha value is -1.44. The maximum absolute atomic E-state index is 11.5. The number of aliphatic hydroxyl groups excluding tert-OH is 2. The third-order valence-corrected chi connectivity index (χ3v) is 5.93. The molecule has 3 rings (SSSR count). The summed E-state index contributed by atoms with van der Waals surface area (Å²) in [5, 5.41) is 24.3. The number of nitrogen functional groups attached to an aromatic ring is 1. The molecule has 2 aromatic heterocycles. The lowest BCUT2D eigenvalue weighted by Crippen LogP contribution is -2.33. The van der Waals surface area contributed by atoms with Gasteiger partial charge in [-0.05, 0) is 12.1 Å². The van der Waals surface area contributed by atoms with Gasteiger partial charge in [0.15, 0.2) is 5.82 Å². The quantitative estimate of drug-likeness (QED) is 0.296. The van der Waals surface area contributed by atoms with E-state index in [1.54, 1.807) is 6.07 Å². The molecule has 0 amide bonds. The zero-order chi connectivity index (χ0) is 20.0. The van der Waals surface area contributed by atoms with Crippen LogP contribution in [0.5, 0.6) is 0 Å². The first-order valence-corrected chi connectivity index (χ1v) is 10.3. The zero-order valence-corrected chi connectivity index (χ0v) is 15.1. The van der Waals surface area contributed by atoms with Crippen LogP contribution < -0.4 is 5.73 Å². The van der Waals surface area contributed by atoms with Crippen LogP contribution >= 0.6 is 15.6 Å². The average Bonchev–Trinajstić information content (AvgIpc) is 3.07. The van der Waals surface area contributed by atoms with E-state index in [4.69, 9.17) is 20.3 Å². The summed E-state index contributed by atoms with van der Waals surface area (Å²) in [6.45, 7) is -0.789. The van der Waals surface area contributed by atoms with Gasteiger partial charge in [-0.2, -0.15) is 9.41 Å². The van der Waals surface area contributed by atoms with Crippen molar-refractivity contribution in [3.63, 3.8) is 0 Å². The van der Waals surface area contributed by atoms with Gasteiger partial charge in [-0.1, -0.05) is 0 Å². The second kappa shape index (κ2) is 7.18. The topological polar surface area (TPSA) is 219 Å². The molecule has 1 aliphatic rings. The van der Waals surface area contributed by atoms with Crippen LogP contribution in [0.1, 0.15) is 11.8 Å². The first-order valence-electron chi connectivity index (χ1n) is 7.32. The minimum atomic E-state index is -5.28. The van der Waals surface area contributed by atoms with Crippen molar-refractivity contribution >= 4 is 27.0 Å². The summed E-state index contributed by atoms with van der Waals surface area (Å²) >= 11 is 0. The molecule has 1 aliphatic heterocycles. The highest BCUT2D eigenvalue weighted by Gasteiger charge is 2.46. The van der Waals surface area contributed by atoms with Gasteiger partial charge in [0, 0.05) is 0 Å². The van der Waals surface area contributed by atoms with E-state index in [1.165, 1.54) is 16.9 Å². The molecule has 1 saturated heterocycles. The van der Waals surface area contributed by atoms with Crippen LogP contribution in [0.15, 0.2) is 18.5 Å². The van der Waals surface area contributed by atoms with Crippen LogP contribution in [0.3, 0.4) is 0 Å². The largest absolute Gasteiger partial charge is 0.481 e. The van der Waals surface area contributed by atoms with Gasteiger partial charge in [0.25, 0.3) is 0 Å². The van der Waals surface area contributed by atoms with Gasteiger partial charge in [-0.25, -0.2) is 18.6 Å². The highest BCUT2D eigenvalue weighted by atomic mass is 31.3. The molecule has 1 fully saturated rings. The number of ether oxygens (including phenoxy) is 1. The molecule has 0 aromatic carbocycles. The van der Waals surface area contributed by atoms with E-state index in [9.17, 15) is 24.2 Å². The Bertz CT molecular complexity index is 931. The second-order valence-corrected chi connectivity index (χ2v) is 8.44. The Morgan fingerprint density at radius 2 is 1.93 bits per heavy atom. The Morgan fingerprint density at radius 3 is 2.59 bits per heavy atom. The van der Waals surface area contributed by atoms with Gasteiger partial charge in [0.1, 0.15) is 36.3 Å². The number of hydrogen-bond acceptors (Lipinski definition) is 10. The molecule has 3 heterocycles. The predicted octanol–water partition coefficient (Wildman–Crippen LogP) is -1.30. The first kappa shape index (κ1) is 20.3. The number of nitrogens with zero attached hydrogens (tertiary/aromatic N) is 3. The van der Waals surface area contributed by atoms with Crippen LogP contribution in [-0.4, -0.2) is 64.4 Å². The smallest absolute Gasteiger partial charge is 0.387 e. The van der Waals surface area contributed by atoms with E-state index in [0.717, 1.165) is 0 Å². The summed E-state index contributed by atoms with van der Waals surface area (Å²) in [5.41, 5.74) is 6.49. The van der Waals surface area contributed by atoms with E-state index >= 15 is 0 Å². The predicted molar refractivity (Wildman–Crippen MR) is 85.9 cm³/mol. The number of phosphoric ester groups is 1. The molecule has 7 N–H and O–H groups in total. The van der Waals surface area contributed by atoms with Crippen molar-refractivity contribution in [2.45, 2.75) is 24.4 Å². The molecule has 2 aromatic rings. The van der Waals surface area contributed by atoms with Gasteiger partial charge in [0.2, 0.25) is 0 Å². The number of aliphatic hydroxyl groups is 2. The van der Waals surface area contributed by atoms with Crippen LogP contribution in [0.4, 0.5) is 5.82 Å². The molecule has 27 heavy (non-hydrogen) atoms. The highest BCUT2D eigenvalue weighted by molar-refractivity contribution is 7.60. The highest BCUT2D eigenvalue weighted by Crippen LogP contribution is 2.57. The fraction of sp³-hybridized carbons (Fsp3) is 0.455. The monoisotopic (exact) mass is 426 g/mol. The van der Waals surface area contributed by atoms with Crippen molar-refractivity contribution in [2.24, 2.45) is 0 Å². The molecule has 5 atom stereocenters. The van der Waals surface area contributed by atoms with E-state index in [-0.39, 0.29) is 5.82 Å². The molecule has 150 valence electrons. The van der Waals surface area contributed by atoms with Gasteiger partial charge >= 0.3 is 15.6 Å². The van der Waals surface area contributed by atoms with E-state index in [0.29, 0.717) is 11.2 Å². The number of rotatable bonds is 6. The van der Waals surface area contributed by atoms with Crippen molar-refractivity contribution in [1.82, 2.24) is 14.6 Å². The number of fused-ring (bicyclic) bond motifs is 1. The maximum Gasteiger partial charge on any atom is 0.481 e. The Balaban J connectivity index is 1.75. The summed E-state index contributed by atoms with van der Waals surface area (Å²) in [6, 6.07) is 3.12. The van der Waals surface area contributed by atoms with Crippen molar-refractivity contribution in [1.29, 1.82) is 0 Å². The molecule has 0 radical (unpaired) electrons. The van der Waals surface area contributed by atoms with Gasteiger partial charge in [-0.15, -0.1) is 0 Å². The van der Waals surface area contributed by atoms with E-state index in [1.807, 2.05) is 0 Å². The van der Waals surface area contributed by atoms with Crippen molar-refractivity contribution < 1.29 is 47.6 Å². The minimum Gasteiger partial charge on any atom is -0.387 e. The standard InChI is InChI=1S/C11H16N4O10P2/c12-11-6-2-1-5(15(6)14-4-13-11)10-9(17)8(16)7(24-10)3-23-27(21,22)25-26(18,19)20/h1-2,4,7-10,16-17H,3H2,(H,21,22)(H2,12,13,14)(H2,18,19,20)/t7-,8-,9-,10+/m1/s1. The molecule has 0 spiro atoms. The fourth-order valence-corrected chi connectivity index (χ4v) is 4.24. The van der Waals surface area contributed by atoms with Crippen LogP contribution in [0.2, 0.25) is 0 Å². The number of phosphoric acid groups is 2. The Kier molecular flexibility index (Phi) is 5.40. The fourth-order valence-electron chi connectivity index (χ4n) is 2.65. The summed E-state index contributed by atoms with van der Waals surface area (Å²) in [7, 11) is -10.4. The Morgan fingerprint density at radius 1 is 1.22 bits per heavy atom. The molecule has 0 saturated carbocycles. The van der Waals surface area contributed by atoms with Crippen molar-refractivity contribution in [2.75, 3.05) is 12.3 Å². The van der Waals surface area contributed by atoms with E-state index < -0.39 is 46.7 Å². The van der Waals surface area contributed by atoms with Gasteiger partial charge in [0.05, 0.1) is 12.3 Å². The first-order chi connectivity index (χ1) is 12.5. The average molecular weight is 426 g/mol. The molecule has 1 unspecified atom stereocenters. The summed E-state index contributed by atoms with van der Waals surface area (Å²) in [6.07, 6.45) is -4.18. The van der Waals surface area contributed by atoms with Gasteiger partial charge < -0.3 is 35.4 Å². The van der Waals surface area contributed by atoms with Crippen molar-refractivity contribution in [3.8, 4) is 0 Å². The number of anilines is 1. The van der Waals surface area contributed by atoms with E-state index in [2.05, 4.69) is 18.9 Å². The second-order valence-electron chi connectivity index (χ2n) is 5.61. The lowest BCUT2D eigenvalue weighted by Gasteiger charge is -2.17. The molecule has 0 aliphatic carbocycles. The molecule has 0 bridgehead atoms. The number of hydrogen-bond donors (Lipinski definition) is 6. The third kappa shape index (κ3) is 4.36. The molecular weight excluding hydrogens is 410 g/mol. The maximum atomic E-state index is 11.5. The number of aromatic nitrogens is 3. The molecule has 16 heteroatoms. The lowest BCUT2D eigenvalue weighted by molar-refractivity contribution is -0.0238. The third-order valence-electron chi connectivity index (χ3n) is 3.78.